The number of allylic oxidation sites excluding steroid dienone is 5. The van der Waals surface area contributed by atoms with Crippen molar-refractivity contribution in [2.45, 2.75) is 180 Å². The van der Waals surface area contributed by atoms with Gasteiger partial charge >= 0.3 is 5.97 Å². The number of hydrogen-bond acceptors (Lipinski definition) is 13. The fraction of sp³-hybridized carbons (Fsp3) is 0.795. The van der Waals surface area contributed by atoms with Gasteiger partial charge in [-0.25, -0.2) is 4.79 Å². The Morgan fingerprint density at radius 3 is 2.46 bits per heavy atom. The molecule has 0 aromatic carbocycles. The topological polar surface area (TPSA) is 183 Å². The molecule has 4 aliphatic heterocycles. The summed E-state index contributed by atoms with van der Waals surface area (Å²) < 4.78 is 42.5. The van der Waals surface area contributed by atoms with E-state index in [1.807, 2.05) is 52.8 Å². The Hall–Kier alpha value is -2.01. The van der Waals surface area contributed by atoms with E-state index in [9.17, 15) is 30.3 Å². The van der Waals surface area contributed by atoms with E-state index in [0.29, 0.717) is 12.0 Å². The molecule has 2 bridgehead atoms. The first-order valence-electron chi connectivity index (χ1n) is 21.0. The molecule has 17 atom stereocenters. The fourth-order valence-corrected chi connectivity index (χ4v) is 8.68. The van der Waals surface area contributed by atoms with Crippen molar-refractivity contribution in [3.8, 4) is 0 Å². The van der Waals surface area contributed by atoms with Gasteiger partial charge in [-0.3, -0.25) is 0 Å². The minimum Gasteiger partial charge on any atom is -0.456 e. The molecule has 57 heavy (non-hydrogen) atoms. The van der Waals surface area contributed by atoms with E-state index in [-0.39, 0.29) is 43.5 Å². The second-order valence-electron chi connectivity index (χ2n) is 17.4. The van der Waals surface area contributed by atoms with Crippen LogP contribution in [0.5, 0.6) is 0 Å². The van der Waals surface area contributed by atoms with Crippen LogP contribution >= 0.6 is 0 Å². The zero-order valence-electron chi connectivity index (χ0n) is 35.8. The third-order valence-corrected chi connectivity index (χ3v) is 12.8. The van der Waals surface area contributed by atoms with Crippen LogP contribution < -0.4 is 0 Å². The van der Waals surface area contributed by atoms with Crippen LogP contribution in [0.1, 0.15) is 107 Å². The summed E-state index contributed by atoms with van der Waals surface area (Å²) in [6.45, 7) is 16.8. The molecule has 13 heteroatoms. The van der Waals surface area contributed by atoms with Crippen LogP contribution in [0, 0.1) is 29.6 Å². The summed E-state index contributed by atoms with van der Waals surface area (Å²) in [6.07, 6.45) is 6.28. The van der Waals surface area contributed by atoms with Gasteiger partial charge in [0.15, 0.2) is 18.4 Å². The maximum atomic E-state index is 13.5. The lowest BCUT2D eigenvalue weighted by molar-refractivity contribution is -0.395. The van der Waals surface area contributed by atoms with Crippen molar-refractivity contribution in [1.82, 2.24) is 0 Å². The van der Waals surface area contributed by atoms with Gasteiger partial charge in [0.05, 0.1) is 30.5 Å². The largest absolute Gasteiger partial charge is 0.456 e. The molecule has 0 aliphatic carbocycles. The third-order valence-electron chi connectivity index (χ3n) is 12.8. The first kappa shape index (κ1) is 47.7. The molecule has 0 amide bonds. The van der Waals surface area contributed by atoms with Gasteiger partial charge in [0.1, 0.15) is 30.7 Å². The lowest BCUT2D eigenvalue weighted by Crippen LogP contribution is -2.58. The molecule has 3 fully saturated rings. The summed E-state index contributed by atoms with van der Waals surface area (Å²) in [5.41, 5.74) is 0.589. The van der Waals surface area contributed by atoms with Crippen molar-refractivity contribution in [2.24, 2.45) is 29.6 Å². The van der Waals surface area contributed by atoms with Crippen LogP contribution in [-0.4, -0.2) is 118 Å². The summed E-state index contributed by atoms with van der Waals surface area (Å²) in [6, 6.07) is 0. The van der Waals surface area contributed by atoms with E-state index in [1.54, 1.807) is 32.9 Å². The van der Waals surface area contributed by atoms with Crippen LogP contribution in [0.2, 0.25) is 0 Å². The van der Waals surface area contributed by atoms with E-state index in [0.717, 1.165) is 31.3 Å². The minimum atomic E-state index is -1.84. The summed E-state index contributed by atoms with van der Waals surface area (Å²) in [5, 5.41) is 56.4. The standard InChI is InChI=1S/C44H72O13/c1-11-12-13-16-34-32-20-25(2)15-14-17-35(51-10)40(55-36(46)19-18-26(3)22-43(9,41(32)49)53-24-52-34)29(6)38(47)30(7)44(50)23-27(4)28(5)42(57-44)56-37-21-33(45)39(48)31(8)54-37/h14-15,17-19,22,27-35,37-42,45,47-50H,11-13,16,20-21,23-24H2,1-10H3/b17-14+,19-18+,25-15+,26-22+/t27-,28+,29-,30-,31+,32+,33+,34-,35-,37-,38+,39+,40+,41-,42+,43-,44-/m0/s1. The van der Waals surface area contributed by atoms with Crippen molar-refractivity contribution in [1.29, 1.82) is 0 Å². The predicted octanol–water partition coefficient (Wildman–Crippen LogP) is 5.22. The molecule has 0 saturated carbocycles. The molecular weight excluding hydrogens is 736 g/mol. The molecule has 4 aliphatic rings. The van der Waals surface area contributed by atoms with Gasteiger partial charge in [0, 0.05) is 49.7 Å². The number of methoxy groups -OCH3 is 1. The molecule has 0 aromatic heterocycles. The lowest BCUT2D eigenvalue weighted by Gasteiger charge is -2.49. The molecule has 5 N–H and O–H groups in total. The Labute approximate surface area is 340 Å². The molecular formula is C44H72O13. The molecule has 0 radical (unpaired) electrons. The van der Waals surface area contributed by atoms with Gasteiger partial charge in [-0.05, 0) is 52.5 Å². The maximum Gasteiger partial charge on any atom is 0.331 e. The predicted molar refractivity (Wildman–Crippen MR) is 213 cm³/mol. The van der Waals surface area contributed by atoms with Crippen LogP contribution in [0.3, 0.4) is 0 Å². The number of carbonyl (C=O) groups is 1. The fourth-order valence-electron chi connectivity index (χ4n) is 8.68. The number of cyclic esters (lactones) is 1. The van der Waals surface area contributed by atoms with Crippen molar-refractivity contribution in [3.05, 3.63) is 47.6 Å². The number of hydrogen-bond donors (Lipinski definition) is 5. The number of unbranched alkanes of at least 4 members (excludes halogenated alkanes) is 2. The molecule has 4 heterocycles. The number of ether oxygens (including phenoxy) is 7. The number of esters is 1. The third kappa shape index (κ3) is 12.1. The second kappa shape index (κ2) is 21.0. The average Bonchev–Trinajstić information content (AvgIpc) is 3.26. The van der Waals surface area contributed by atoms with E-state index in [2.05, 4.69) is 6.92 Å². The highest BCUT2D eigenvalue weighted by Crippen LogP contribution is 2.43. The van der Waals surface area contributed by atoms with Crippen LogP contribution in [0.4, 0.5) is 0 Å². The maximum absolute atomic E-state index is 13.5. The molecule has 13 nitrogen and oxygen atoms in total. The van der Waals surface area contributed by atoms with Crippen molar-refractivity contribution in [2.75, 3.05) is 13.9 Å². The summed E-state index contributed by atoms with van der Waals surface area (Å²) in [4.78, 5) is 13.5. The molecule has 0 unspecified atom stereocenters. The van der Waals surface area contributed by atoms with Gasteiger partial charge < -0.3 is 58.7 Å². The number of aliphatic hydroxyl groups is 5. The molecule has 4 rings (SSSR count). The van der Waals surface area contributed by atoms with Gasteiger partial charge in [-0.1, -0.05) is 89.3 Å². The highest BCUT2D eigenvalue weighted by Gasteiger charge is 2.52. The number of aliphatic hydroxyl groups excluding tert-OH is 4. The highest BCUT2D eigenvalue weighted by molar-refractivity contribution is 5.82. The normalized spacial score (nSPS) is 44.6. The van der Waals surface area contributed by atoms with E-state index < -0.39 is 84.5 Å². The average molecular weight is 809 g/mol. The van der Waals surface area contributed by atoms with E-state index in [1.165, 1.54) is 13.2 Å². The zero-order valence-corrected chi connectivity index (χ0v) is 35.8. The Kier molecular flexibility index (Phi) is 17.6. The number of rotatable bonds is 11. The summed E-state index contributed by atoms with van der Waals surface area (Å²) >= 11 is 0. The quantitative estimate of drug-likeness (QED) is 0.135. The monoisotopic (exact) mass is 808 g/mol. The van der Waals surface area contributed by atoms with Crippen LogP contribution in [-0.2, 0) is 38.0 Å². The highest BCUT2D eigenvalue weighted by atomic mass is 16.8. The Balaban J connectivity index is 1.61. The summed E-state index contributed by atoms with van der Waals surface area (Å²) in [7, 11) is 1.50. The second-order valence-corrected chi connectivity index (χ2v) is 17.4. The molecule has 326 valence electrons. The number of carbonyl (C=O) groups excluding carboxylic acids is 1. The zero-order chi connectivity index (χ0) is 42.2. The van der Waals surface area contributed by atoms with E-state index in [4.69, 9.17) is 33.2 Å². The first-order chi connectivity index (χ1) is 26.8. The van der Waals surface area contributed by atoms with E-state index >= 15 is 0 Å². The van der Waals surface area contributed by atoms with Gasteiger partial charge in [-0.2, -0.15) is 0 Å². The number of fused-ring (bicyclic) bond motifs is 2. The first-order valence-corrected chi connectivity index (χ1v) is 21.0. The Morgan fingerprint density at radius 1 is 1.07 bits per heavy atom. The van der Waals surface area contributed by atoms with Gasteiger partial charge in [0.25, 0.3) is 0 Å². The lowest BCUT2D eigenvalue weighted by atomic mass is 9.76. The Bertz CT molecular complexity index is 1400. The van der Waals surface area contributed by atoms with Gasteiger partial charge in [-0.15, -0.1) is 0 Å². The minimum absolute atomic E-state index is 0.0289. The van der Waals surface area contributed by atoms with Crippen molar-refractivity contribution >= 4 is 5.97 Å². The SMILES string of the molecule is CCCCC[C@@H]1OCO[C@@]2(C)/C=C(C)/C=C/C(=O)O[C@H]([C@@H](C)[C@@H](O)[C@H](C)[C@]3(O)C[C@H](C)[C@@H](C)[C@H](O[C@H]4C[C@@H](O)[C@H](O)[C@@H](C)O4)O3)[C@@H](OC)/C=C/C=C(\C)C[C@H]1[C@@H]2O. The van der Waals surface area contributed by atoms with Crippen molar-refractivity contribution < 1.29 is 63.5 Å². The molecule has 3 saturated heterocycles. The summed E-state index contributed by atoms with van der Waals surface area (Å²) in [5.74, 6) is -4.70. The van der Waals surface area contributed by atoms with Gasteiger partial charge in [0.2, 0.25) is 0 Å². The van der Waals surface area contributed by atoms with Crippen molar-refractivity contribution in [3.63, 3.8) is 0 Å². The van der Waals surface area contributed by atoms with Crippen LogP contribution in [0.15, 0.2) is 47.6 Å². The van der Waals surface area contributed by atoms with Crippen LogP contribution in [0.25, 0.3) is 0 Å². The molecule has 0 spiro atoms. The Morgan fingerprint density at radius 2 is 1.79 bits per heavy atom. The smallest absolute Gasteiger partial charge is 0.331 e. The molecule has 0 aromatic rings.